The minimum Gasteiger partial charge on any atom is -0.464 e. The molecular weight excluding hydrogens is 877 g/mol. The van der Waals surface area contributed by atoms with Gasteiger partial charge in [-0.15, -0.1) is 0 Å². The van der Waals surface area contributed by atoms with Gasteiger partial charge in [0.2, 0.25) is 0 Å². The van der Waals surface area contributed by atoms with Gasteiger partial charge >= 0.3 is 24.2 Å². The number of rotatable bonds is 18. The summed E-state index contributed by atoms with van der Waals surface area (Å²) >= 11 is 0. The molecule has 18 nitrogen and oxygen atoms in total. The van der Waals surface area contributed by atoms with Gasteiger partial charge in [-0.1, -0.05) is 30.3 Å². The molecular formula is C47H59F2N7O11. The molecule has 4 unspecified atom stereocenters. The summed E-state index contributed by atoms with van der Waals surface area (Å²) < 4.78 is 60.3. The Morgan fingerprint density at radius 1 is 0.985 bits per heavy atom. The molecule has 0 aliphatic carbocycles. The average molecular weight is 936 g/mol. The first-order valence-corrected chi connectivity index (χ1v) is 22.3. The Kier molecular flexibility index (Phi) is 17.1. The lowest BCUT2D eigenvalue weighted by Crippen LogP contribution is -2.52. The normalized spacial score (nSPS) is 18.4. The zero-order valence-electron chi connectivity index (χ0n) is 38.4. The van der Waals surface area contributed by atoms with Gasteiger partial charge in [0.25, 0.3) is 11.8 Å². The molecule has 4 atom stereocenters. The number of hydrogen-bond donors (Lipinski definition) is 2. The third kappa shape index (κ3) is 14.1. The molecule has 3 aromatic rings. The molecule has 362 valence electrons. The molecule has 67 heavy (non-hydrogen) atoms. The van der Waals surface area contributed by atoms with Gasteiger partial charge in [-0.2, -0.15) is 0 Å². The predicted octanol–water partition coefficient (Wildman–Crippen LogP) is 5.21. The molecule has 6 amide bonds. The molecule has 20 heteroatoms. The first kappa shape index (κ1) is 50.0. The lowest BCUT2D eigenvalue weighted by atomic mass is 9.89. The predicted molar refractivity (Wildman–Crippen MR) is 237 cm³/mol. The number of aromatic nitrogens is 2. The second kappa shape index (κ2) is 22.9. The van der Waals surface area contributed by atoms with Gasteiger partial charge in [-0.05, 0) is 70.2 Å². The van der Waals surface area contributed by atoms with Gasteiger partial charge in [-0.3, -0.25) is 19.3 Å². The maximum atomic E-state index is 15.5. The fourth-order valence-corrected chi connectivity index (χ4v) is 8.13. The van der Waals surface area contributed by atoms with Crippen LogP contribution in [0.1, 0.15) is 64.9 Å². The molecule has 0 bridgehead atoms. The number of amides is 6. The van der Waals surface area contributed by atoms with E-state index in [0.717, 1.165) is 28.7 Å². The lowest BCUT2D eigenvalue weighted by molar-refractivity contribution is -0.141. The highest BCUT2D eigenvalue weighted by molar-refractivity contribution is 6.12. The molecule has 6 rings (SSSR count). The van der Waals surface area contributed by atoms with E-state index in [0.29, 0.717) is 31.9 Å². The van der Waals surface area contributed by atoms with Crippen molar-refractivity contribution in [3.05, 3.63) is 89.9 Å². The minimum atomic E-state index is -0.974. The summed E-state index contributed by atoms with van der Waals surface area (Å²) in [6.07, 6.45) is 2.50. The molecule has 2 aromatic carbocycles. The number of ether oxygens (including phenoxy) is 5. The Hall–Kier alpha value is -6.41. The number of carbonyl (C=O) groups is 6. The van der Waals surface area contributed by atoms with Crippen LogP contribution in [-0.4, -0.2) is 144 Å². The van der Waals surface area contributed by atoms with Crippen LogP contribution in [0.15, 0.2) is 66.9 Å². The second-order valence-corrected chi connectivity index (χ2v) is 17.7. The monoisotopic (exact) mass is 935 g/mol. The van der Waals surface area contributed by atoms with Crippen LogP contribution in [0.2, 0.25) is 0 Å². The Bertz CT molecular complexity index is 2250. The maximum Gasteiger partial charge on any atom is 0.410 e. The summed E-state index contributed by atoms with van der Waals surface area (Å²) in [5, 5.41) is 5.60. The lowest BCUT2D eigenvalue weighted by Gasteiger charge is -2.40. The highest BCUT2D eigenvalue weighted by Gasteiger charge is 2.45. The maximum absolute atomic E-state index is 15.5. The molecule has 2 saturated heterocycles. The molecule has 1 aromatic heterocycles. The number of alkyl carbamates (subject to hydrolysis) is 1. The Labute approximate surface area is 387 Å². The number of urea groups is 1. The number of nitrogens with one attached hydrogen (secondary N) is 2. The van der Waals surface area contributed by atoms with Gasteiger partial charge in [0.05, 0.1) is 44.1 Å². The van der Waals surface area contributed by atoms with E-state index in [-0.39, 0.29) is 76.3 Å². The molecule has 0 saturated carbocycles. The number of imidazole rings is 1. The van der Waals surface area contributed by atoms with Gasteiger partial charge in [0, 0.05) is 76.1 Å². The molecule has 2 fully saturated rings. The second-order valence-electron chi connectivity index (χ2n) is 17.7. The molecule has 3 aliphatic rings. The van der Waals surface area contributed by atoms with E-state index in [2.05, 4.69) is 10.6 Å². The number of likely N-dealkylation sites (tertiary alicyclic amines) is 1. The first-order chi connectivity index (χ1) is 31.9. The number of benzene rings is 2. The Balaban J connectivity index is 1.34. The summed E-state index contributed by atoms with van der Waals surface area (Å²) in [7, 11) is 0. The molecule has 0 radical (unpaired) electrons. The standard InChI is InChI=1S/C47H59F2N7O11/c1-30(29-65-31(2)57)51-44(60)56(26-34-25-54(46(62)67-47(3,4)5)28-39(34)66-45(61)50-17-21-64-22-18-55-40(58)13-14-41(55)59)42(33-15-19-63-20-16-33)43-52-38(36-23-35(48)11-12-37(36)49)27-53(43)24-32-9-7-6-8-10-32/h6-14,23,27,30,33-34,39,42H,15-22,24-26,28-29H2,1-5H3,(H,50,61)(H,51,60). The van der Waals surface area contributed by atoms with Crippen molar-refractivity contribution in [2.75, 3.05) is 65.8 Å². The van der Waals surface area contributed by atoms with Crippen LogP contribution in [0.4, 0.5) is 23.2 Å². The summed E-state index contributed by atoms with van der Waals surface area (Å²) in [4.78, 5) is 86.5. The Morgan fingerprint density at radius 2 is 1.70 bits per heavy atom. The molecule has 0 spiro atoms. The zero-order chi connectivity index (χ0) is 48.3. The highest BCUT2D eigenvalue weighted by Crippen LogP contribution is 2.39. The van der Waals surface area contributed by atoms with Crippen LogP contribution in [0.3, 0.4) is 0 Å². The fourth-order valence-electron chi connectivity index (χ4n) is 8.13. The van der Waals surface area contributed by atoms with E-state index in [9.17, 15) is 33.2 Å². The van der Waals surface area contributed by atoms with Crippen molar-refractivity contribution in [2.24, 2.45) is 11.8 Å². The quantitative estimate of drug-likeness (QED) is 0.0732. The smallest absolute Gasteiger partial charge is 0.410 e. The van der Waals surface area contributed by atoms with E-state index < -0.39 is 77.3 Å². The van der Waals surface area contributed by atoms with E-state index in [1.54, 1.807) is 38.8 Å². The SMILES string of the molecule is CC(=O)OCC(C)NC(=O)N(CC1CN(C(=O)OC(C)(C)C)CC1OC(=O)NCCOCCN1C(=O)C=CC1=O)C(c1nc(-c2cc(F)ccc2F)cn1Cc1ccccc1)C1CCOCC1. The summed E-state index contributed by atoms with van der Waals surface area (Å²) in [6, 6.07) is 10.4. The largest absolute Gasteiger partial charge is 0.464 e. The topological polar surface area (TPSA) is 200 Å². The van der Waals surface area contributed by atoms with Crippen molar-refractivity contribution in [1.29, 1.82) is 0 Å². The van der Waals surface area contributed by atoms with E-state index in [4.69, 9.17) is 28.7 Å². The van der Waals surface area contributed by atoms with Crippen LogP contribution < -0.4 is 10.6 Å². The van der Waals surface area contributed by atoms with Gasteiger partial charge in [-0.25, -0.2) is 28.1 Å². The van der Waals surface area contributed by atoms with Crippen molar-refractivity contribution in [3.8, 4) is 11.3 Å². The molecule has 4 heterocycles. The van der Waals surface area contributed by atoms with Crippen LogP contribution in [-0.2, 0) is 44.6 Å². The highest BCUT2D eigenvalue weighted by atomic mass is 19.1. The van der Waals surface area contributed by atoms with Crippen LogP contribution >= 0.6 is 0 Å². The Morgan fingerprint density at radius 3 is 2.39 bits per heavy atom. The van der Waals surface area contributed by atoms with Crippen molar-refractivity contribution < 1.29 is 61.2 Å². The van der Waals surface area contributed by atoms with Crippen molar-refractivity contribution in [2.45, 2.75) is 77.8 Å². The number of hydrogen-bond acceptors (Lipinski definition) is 12. The zero-order valence-corrected chi connectivity index (χ0v) is 38.4. The van der Waals surface area contributed by atoms with Crippen molar-refractivity contribution in [3.63, 3.8) is 0 Å². The number of imide groups is 1. The summed E-state index contributed by atoms with van der Waals surface area (Å²) in [5.74, 6) is -3.41. The van der Waals surface area contributed by atoms with Gasteiger partial charge in [0.15, 0.2) is 0 Å². The summed E-state index contributed by atoms with van der Waals surface area (Å²) in [6.45, 7) is 8.86. The van der Waals surface area contributed by atoms with E-state index in [1.165, 1.54) is 24.0 Å². The number of halogens is 2. The number of nitrogens with zero attached hydrogens (tertiary/aromatic N) is 5. The number of esters is 1. The average Bonchev–Trinajstić information content (AvgIpc) is 3.98. The van der Waals surface area contributed by atoms with Crippen molar-refractivity contribution >= 4 is 36.0 Å². The van der Waals surface area contributed by atoms with E-state index >= 15 is 4.39 Å². The van der Waals surface area contributed by atoms with Gasteiger partial charge < -0.3 is 48.7 Å². The third-order valence-electron chi connectivity index (χ3n) is 11.3. The number of carbonyl (C=O) groups excluding carboxylic acids is 6. The third-order valence-corrected chi connectivity index (χ3v) is 11.3. The van der Waals surface area contributed by atoms with Crippen LogP contribution in [0.5, 0.6) is 0 Å². The minimum absolute atomic E-state index is 0.00422. The van der Waals surface area contributed by atoms with Gasteiger partial charge in [0.1, 0.15) is 35.8 Å². The van der Waals surface area contributed by atoms with Crippen molar-refractivity contribution in [1.82, 2.24) is 34.9 Å². The van der Waals surface area contributed by atoms with Crippen LogP contribution in [0.25, 0.3) is 11.3 Å². The van der Waals surface area contributed by atoms with E-state index in [1.807, 2.05) is 34.9 Å². The summed E-state index contributed by atoms with van der Waals surface area (Å²) in [5.41, 5.74) is 0.0682. The fraction of sp³-hybridized carbons (Fsp3) is 0.511. The van der Waals surface area contributed by atoms with Crippen LogP contribution in [0, 0.1) is 23.5 Å². The molecule has 3 aliphatic heterocycles. The molecule has 2 N–H and O–H groups in total. The first-order valence-electron chi connectivity index (χ1n) is 22.3.